The Morgan fingerprint density at radius 3 is 2.00 bits per heavy atom. The Bertz CT molecular complexity index is 508. The quantitative estimate of drug-likeness (QED) is 0.782. The summed E-state index contributed by atoms with van der Waals surface area (Å²) in [4.78, 5) is 0. The van der Waals surface area contributed by atoms with Crippen LogP contribution < -0.4 is 0 Å². The van der Waals surface area contributed by atoms with E-state index >= 15 is 0 Å². The molecule has 0 spiro atoms. The number of benzene rings is 1. The lowest BCUT2D eigenvalue weighted by molar-refractivity contribution is -0.392. The van der Waals surface area contributed by atoms with Gasteiger partial charge < -0.3 is 10.2 Å². The van der Waals surface area contributed by atoms with Crippen molar-refractivity contribution in [2.45, 2.75) is 36.9 Å². The molecule has 0 aliphatic heterocycles. The number of alkyl halides is 6. The Hall–Kier alpha value is -1.28. The Kier molecular flexibility index (Phi) is 3.74. The van der Waals surface area contributed by atoms with E-state index in [0.29, 0.717) is 5.56 Å². The van der Waals surface area contributed by atoms with Crippen molar-refractivity contribution < 1.29 is 36.6 Å². The van der Waals surface area contributed by atoms with Gasteiger partial charge in [0.1, 0.15) is 0 Å². The second kappa shape index (κ2) is 4.88. The molecule has 2 rings (SSSR count). The van der Waals surface area contributed by atoms with Crippen LogP contribution in [0.2, 0.25) is 0 Å². The molecule has 2 nitrogen and oxygen atoms in total. The fourth-order valence-corrected chi connectivity index (χ4v) is 2.75. The van der Waals surface area contributed by atoms with Gasteiger partial charge in [0.2, 0.25) is 0 Å². The summed E-state index contributed by atoms with van der Waals surface area (Å²) in [6.07, 6.45) is -14.6. The van der Waals surface area contributed by atoms with Gasteiger partial charge in [-0.3, -0.25) is 0 Å². The van der Waals surface area contributed by atoms with Gasteiger partial charge in [-0.15, -0.1) is 0 Å². The highest BCUT2D eigenvalue weighted by Gasteiger charge is 2.74. The SMILES string of the molecule is O[C@H]1c2ccccc2CC[C@H]1C(O)(C(F)(F)F)C(F)(F)F. The minimum atomic E-state index is -5.93. The van der Waals surface area contributed by atoms with Gasteiger partial charge in [0, 0.05) is 5.92 Å². The van der Waals surface area contributed by atoms with E-state index in [0.717, 1.165) is 0 Å². The number of hydrogen-bond donors (Lipinski definition) is 2. The summed E-state index contributed by atoms with van der Waals surface area (Å²) in [7, 11) is 0. The third kappa shape index (κ3) is 2.40. The normalized spacial score (nSPS) is 23.8. The highest BCUT2D eigenvalue weighted by atomic mass is 19.4. The average Bonchev–Trinajstić information content (AvgIpc) is 2.36. The van der Waals surface area contributed by atoms with Gasteiger partial charge in [0.15, 0.2) is 0 Å². The zero-order chi connectivity index (χ0) is 16.1. The Morgan fingerprint density at radius 1 is 0.952 bits per heavy atom. The zero-order valence-corrected chi connectivity index (χ0v) is 10.5. The van der Waals surface area contributed by atoms with Crippen molar-refractivity contribution in [3.8, 4) is 0 Å². The van der Waals surface area contributed by atoms with E-state index < -0.39 is 36.4 Å². The number of aliphatic hydroxyl groups is 2. The zero-order valence-electron chi connectivity index (χ0n) is 10.5. The smallest absolute Gasteiger partial charge is 0.388 e. The van der Waals surface area contributed by atoms with Gasteiger partial charge in [-0.25, -0.2) is 0 Å². The topological polar surface area (TPSA) is 40.5 Å². The van der Waals surface area contributed by atoms with Crippen LogP contribution in [0.15, 0.2) is 24.3 Å². The summed E-state index contributed by atoms with van der Waals surface area (Å²) in [5.41, 5.74) is -4.47. The maximum absolute atomic E-state index is 12.9. The van der Waals surface area contributed by atoms with E-state index in [-0.39, 0.29) is 12.0 Å². The lowest BCUT2D eigenvalue weighted by atomic mass is 9.71. The van der Waals surface area contributed by atoms with Crippen LogP contribution in [0.3, 0.4) is 0 Å². The monoisotopic (exact) mass is 314 g/mol. The number of aliphatic hydroxyl groups excluding tert-OH is 1. The molecule has 0 heterocycles. The average molecular weight is 314 g/mol. The Labute approximate surface area is 116 Å². The van der Waals surface area contributed by atoms with Crippen LogP contribution in [0.5, 0.6) is 0 Å². The minimum absolute atomic E-state index is 0.0133. The molecule has 0 saturated carbocycles. The standard InChI is InChI=1S/C13H12F6O2/c14-12(15,16)11(21,13(17,18)19)9-6-5-7-3-1-2-4-8(7)10(9)20/h1-4,9-10,20-21H,5-6H2/t9-,10+/m1/s1. The molecule has 0 unspecified atom stereocenters. The van der Waals surface area contributed by atoms with E-state index in [9.17, 15) is 36.6 Å². The molecule has 1 aliphatic rings. The third-order valence-corrected chi connectivity index (χ3v) is 3.88. The molecule has 0 radical (unpaired) electrons. The van der Waals surface area contributed by atoms with Crippen LogP contribution in [0.25, 0.3) is 0 Å². The van der Waals surface area contributed by atoms with E-state index in [1.54, 1.807) is 6.07 Å². The van der Waals surface area contributed by atoms with Gasteiger partial charge in [0.05, 0.1) is 6.10 Å². The van der Waals surface area contributed by atoms with Gasteiger partial charge in [-0.1, -0.05) is 24.3 Å². The molecule has 2 N–H and O–H groups in total. The highest BCUT2D eigenvalue weighted by molar-refractivity contribution is 5.33. The fraction of sp³-hybridized carbons (Fsp3) is 0.538. The summed E-state index contributed by atoms with van der Waals surface area (Å²) in [6.45, 7) is 0. The summed E-state index contributed by atoms with van der Waals surface area (Å²) < 4.78 is 77.1. The molecule has 0 bridgehead atoms. The van der Waals surface area contributed by atoms with Crippen LogP contribution in [-0.4, -0.2) is 28.2 Å². The maximum atomic E-state index is 12.9. The van der Waals surface area contributed by atoms with Crippen molar-refractivity contribution in [3.63, 3.8) is 0 Å². The Balaban J connectivity index is 2.50. The molecule has 1 aliphatic carbocycles. The number of rotatable bonds is 1. The Morgan fingerprint density at radius 2 is 1.48 bits per heavy atom. The number of fused-ring (bicyclic) bond motifs is 1. The first-order chi connectivity index (χ1) is 9.50. The first-order valence-electron chi connectivity index (χ1n) is 6.12. The van der Waals surface area contributed by atoms with Crippen molar-refractivity contribution in [1.29, 1.82) is 0 Å². The van der Waals surface area contributed by atoms with Gasteiger partial charge in [0.25, 0.3) is 5.60 Å². The van der Waals surface area contributed by atoms with Crippen LogP contribution in [0, 0.1) is 5.92 Å². The molecule has 1 aromatic rings. The molecular formula is C13H12F6O2. The second-order valence-corrected chi connectivity index (χ2v) is 5.05. The highest BCUT2D eigenvalue weighted by Crippen LogP contribution is 2.53. The van der Waals surface area contributed by atoms with Crippen LogP contribution in [0.4, 0.5) is 26.3 Å². The number of hydrogen-bond acceptors (Lipinski definition) is 2. The lowest BCUT2D eigenvalue weighted by Crippen LogP contribution is -2.63. The predicted molar refractivity (Wildman–Crippen MR) is 60.3 cm³/mol. The molecule has 0 saturated heterocycles. The summed E-state index contributed by atoms with van der Waals surface area (Å²) >= 11 is 0. The molecule has 0 fully saturated rings. The molecule has 0 aromatic heterocycles. The second-order valence-electron chi connectivity index (χ2n) is 5.05. The summed E-state index contributed by atoms with van der Waals surface area (Å²) in [6, 6.07) is 5.77. The molecule has 21 heavy (non-hydrogen) atoms. The van der Waals surface area contributed by atoms with Crippen LogP contribution >= 0.6 is 0 Å². The van der Waals surface area contributed by atoms with Crippen molar-refractivity contribution in [3.05, 3.63) is 35.4 Å². The summed E-state index contributed by atoms with van der Waals surface area (Å²) in [5, 5.41) is 19.3. The molecule has 118 valence electrons. The third-order valence-electron chi connectivity index (χ3n) is 3.88. The molecule has 1 aromatic carbocycles. The van der Waals surface area contributed by atoms with E-state index in [1.807, 2.05) is 0 Å². The molecule has 8 heteroatoms. The fourth-order valence-electron chi connectivity index (χ4n) is 2.75. The van der Waals surface area contributed by atoms with Gasteiger partial charge in [-0.2, -0.15) is 26.3 Å². The molecule has 2 atom stereocenters. The molecular weight excluding hydrogens is 302 g/mol. The van der Waals surface area contributed by atoms with Crippen LogP contribution in [-0.2, 0) is 6.42 Å². The van der Waals surface area contributed by atoms with Gasteiger partial charge in [-0.05, 0) is 24.0 Å². The largest absolute Gasteiger partial charge is 0.426 e. The van der Waals surface area contributed by atoms with Crippen molar-refractivity contribution >= 4 is 0 Å². The van der Waals surface area contributed by atoms with Crippen molar-refractivity contribution in [2.75, 3.05) is 0 Å². The summed E-state index contributed by atoms with van der Waals surface area (Å²) in [5.74, 6) is -2.40. The van der Waals surface area contributed by atoms with Crippen LogP contribution in [0.1, 0.15) is 23.7 Å². The van der Waals surface area contributed by atoms with Crippen molar-refractivity contribution in [1.82, 2.24) is 0 Å². The lowest BCUT2D eigenvalue weighted by Gasteiger charge is -2.43. The first-order valence-corrected chi connectivity index (χ1v) is 6.12. The molecule has 0 amide bonds. The first kappa shape index (κ1) is 16.1. The maximum Gasteiger partial charge on any atom is 0.426 e. The van der Waals surface area contributed by atoms with E-state index in [1.165, 1.54) is 18.2 Å². The van der Waals surface area contributed by atoms with Crippen molar-refractivity contribution in [2.24, 2.45) is 5.92 Å². The number of halogens is 6. The van der Waals surface area contributed by atoms with Gasteiger partial charge >= 0.3 is 12.4 Å². The number of aryl methyl sites for hydroxylation is 1. The predicted octanol–water partition coefficient (Wildman–Crippen LogP) is 3.14. The minimum Gasteiger partial charge on any atom is -0.388 e. The van der Waals surface area contributed by atoms with E-state index in [2.05, 4.69) is 0 Å². The van der Waals surface area contributed by atoms with E-state index in [4.69, 9.17) is 0 Å².